The number of ether oxygens (including phenoxy) is 3. The third-order valence-corrected chi connectivity index (χ3v) is 16.0. The van der Waals surface area contributed by atoms with Crippen molar-refractivity contribution >= 4 is 44.0 Å². The van der Waals surface area contributed by atoms with Gasteiger partial charge in [-0.1, -0.05) is 24.3 Å². The molecule has 2 bridgehead atoms. The van der Waals surface area contributed by atoms with Gasteiger partial charge in [0.2, 0.25) is 0 Å². The number of likely N-dealkylation sites (tertiary alicyclic amines) is 2. The van der Waals surface area contributed by atoms with Crippen molar-refractivity contribution in [3.63, 3.8) is 0 Å². The first kappa shape index (κ1) is 41.0. The monoisotopic (exact) mass is 888 g/mol. The molecule has 2 aromatic heterocycles. The Labute approximate surface area is 371 Å². The number of aryl methyl sites for hydroxylation is 1. The van der Waals surface area contributed by atoms with Crippen LogP contribution >= 0.6 is 0 Å². The lowest BCUT2D eigenvalue weighted by atomic mass is 9.59. The number of fused-ring (bicyclic) bond motifs is 4. The average molecular weight is 889 g/mol. The van der Waals surface area contributed by atoms with Gasteiger partial charge in [-0.15, -0.1) is 0 Å². The highest BCUT2D eigenvalue weighted by Gasteiger charge is 2.50. The van der Waals surface area contributed by atoms with Gasteiger partial charge in [-0.05, 0) is 99.2 Å². The number of carbonyl (C=O) groups excluding carboxylic acids is 1. The molecule has 11 rings (SSSR count). The molecule has 5 fully saturated rings. The summed E-state index contributed by atoms with van der Waals surface area (Å²) in [6, 6.07) is 20.9. The number of sulfonamides is 1. The zero-order valence-corrected chi connectivity index (χ0v) is 36.5. The predicted octanol–water partition coefficient (Wildman–Crippen LogP) is 6.92. The van der Waals surface area contributed by atoms with Gasteiger partial charge < -0.3 is 29.4 Å². The number of nitrogens with zero attached hydrogens (tertiary/aromatic N) is 5. The Morgan fingerprint density at radius 3 is 2.67 bits per heavy atom. The number of H-pyrrole nitrogens is 1. The first-order valence-corrected chi connectivity index (χ1v) is 23.9. The lowest BCUT2D eigenvalue weighted by Crippen LogP contribution is -2.54. The van der Waals surface area contributed by atoms with E-state index in [1.165, 1.54) is 42.9 Å². The number of hydrogen-bond donors (Lipinski definition) is 3. The topological polar surface area (TPSA) is 184 Å². The maximum Gasteiger partial charge on any atom is 0.297 e. The summed E-state index contributed by atoms with van der Waals surface area (Å²) in [5.41, 5.74) is 4.28. The van der Waals surface area contributed by atoms with Crippen LogP contribution in [0.3, 0.4) is 0 Å². The van der Waals surface area contributed by atoms with Crippen molar-refractivity contribution in [2.45, 2.75) is 87.0 Å². The summed E-state index contributed by atoms with van der Waals surface area (Å²) in [5, 5.41) is 16.4. The van der Waals surface area contributed by atoms with Gasteiger partial charge in [0.25, 0.3) is 21.6 Å². The minimum atomic E-state index is -4.64. The quantitative estimate of drug-likeness (QED) is 0.0918. The Hall–Kier alpha value is -5.75. The molecule has 1 saturated carbocycles. The zero-order chi connectivity index (χ0) is 43.7. The van der Waals surface area contributed by atoms with E-state index in [-0.39, 0.29) is 41.5 Å². The van der Waals surface area contributed by atoms with Crippen molar-refractivity contribution in [2.24, 2.45) is 5.41 Å². The number of hydrogen-bond acceptors (Lipinski definition) is 13. The van der Waals surface area contributed by atoms with Gasteiger partial charge in [-0.2, -0.15) is 0 Å². The Morgan fingerprint density at radius 2 is 1.89 bits per heavy atom. The number of morpholine rings is 1. The van der Waals surface area contributed by atoms with Crippen LogP contribution in [0.4, 0.5) is 17.1 Å². The largest absolute Gasteiger partial charge is 0.489 e. The van der Waals surface area contributed by atoms with Crippen LogP contribution in [-0.4, -0.2) is 109 Å². The van der Waals surface area contributed by atoms with Crippen LogP contribution in [0.5, 0.6) is 17.2 Å². The summed E-state index contributed by atoms with van der Waals surface area (Å²) >= 11 is 0. The minimum absolute atomic E-state index is 0.0221. The van der Waals surface area contributed by atoms with Crippen molar-refractivity contribution in [2.75, 3.05) is 56.2 Å². The van der Waals surface area contributed by atoms with E-state index in [0.29, 0.717) is 48.1 Å². The van der Waals surface area contributed by atoms with E-state index in [1.54, 1.807) is 30.6 Å². The van der Waals surface area contributed by atoms with E-state index in [4.69, 9.17) is 14.2 Å². The van der Waals surface area contributed by atoms with E-state index >= 15 is 0 Å². The molecule has 5 aromatic rings. The van der Waals surface area contributed by atoms with Gasteiger partial charge in [-0.3, -0.25) is 24.7 Å². The molecule has 1 spiro atoms. The van der Waals surface area contributed by atoms with E-state index in [2.05, 4.69) is 65.9 Å². The number of nitro groups is 1. The molecular weight excluding hydrogens is 837 g/mol. The highest BCUT2D eigenvalue weighted by atomic mass is 32.2. The predicted molar refractivity (Wildman–Crippen MR) is 240 cm³/mol. The summed E-state index contributed by atoms with van der Waals surface area (Å²) in [4.78, 5) is 40.2. The molecule has 4 atom stereocenters. The van der Waals surface area contributed by atoms with Crippen LogP contribution in [0, 0.1) is 22.5 Å². The van der Waals surface area contributed by atoms with E-state index < -0.39 is 31.4 Å². The molecular formula is C47H52N8O8S. The molecule has 0 unspecified atom stereocenters. The number of benzene rings is 3. The fourth-order valence-corrected chi connectivity index (χ4v) is 12.3. The molecule has 64 heavy (non-hydrogen) atoms. The van der Waals surface area contributed by atoms with E-state index in [9.17, 15) is 23.3 Å². The SMILES string of the molecule is Cc1ccccc1[C@@H]1CCCN1C1CC2(CCN(c3ccc(C(=O)NS(=O)(=O)c4cc5c(c([N+](=O)[O-])c4)N[C@H](CN4C[C@@H]6C[C@H]4CO6)CO5)c(Oc4cnc5[nH]ccc5c4)c3)CC2)C1. The Bertz CT molecular complexity index is 2750. The molecule has 7 heterocycles. The van der Waals surface area contributed by atoms with E-state index in [0.717, 1.165) is 62.6 Å². The van der Waals surface area contributed by atoms with Crippen LogP contribution in [0.1, 0.15) is 72.5 Å². The van der Waals surface area contributed by atoms with Crippen molar-refractivity contribution < 1.29 is 32.3 Å². The lowest BCUT2D eigenvalue weighted by Gasteiger charge is -2.56. The summed E-state index contributed by atoms with van der Waals surface area (Å²) in [6.45, 7) is 7.29. The fourth-order valence-electron chi connectivity index (χ4n) is 11.3. The maximum absolute atomic E-state index is 14.1. The highest BCUT2D eigenvalue weighted by molar-refractivity contribution is 7.90. The molecule has 1 amide bonds. The van der Waals surface area contributed by atoms with Crippen molar-refractivity contribution in [1.29, 1.82) is 0 Å². The minimum Gasteiger partial charge on any atom is -0.489 e. The van der Waals surface area contributed by atoms with Crippen LogP contribution in [-0.2, 0) is 14.8 Å². The molecule has 4 saturated heterocycles. The number of carbonyl (C=O) groups is 1. The third kappa shape index (κ3) is 7.61. The van der Waals surface area contributed by atoms with Gasteiger partial charge in [0.05, 0.1) is 40.3 Å². The second-order valence-electron chi connectivity index (χ2n) is 18.6. The normalized spacial score (nSPS) is 24.3. The summed E-state index contributed by atoms with van der Waals surface area (Å²) in [7, 11) is -4.64. The van der Waals surface area contributed by atoms with Crippen molar-refractivity contribution in [3.05, 3.63) is 106 Å². The molecule has 1 aliphatic carbocycles. The maximum atomic E-state index is 14.1. The summed E-state index contributed by atoms with van der Waals surface area (Å²) in [6.07, 6.45) is 11.4. The Kier molecular flexibility index (Phi) is 10.3. The number of amides is 1. The van der Waals surface area contributed by atoms with Crippen molar-refractivity contribution in [3.8, 4) is 17.2 Å². The van der Waals surface area contributed by atoms with Crippen molar-refractivity contribution in [1.82, 2.24) is 24.5 Å². The molecule has 334 valence electrons. The van der Waals surface area contributed by atoms with Gasteiger partial charge in [0.1, 0.15) is 23.8 Å². The van der Waals surface area contributed by atoms with Gasteiger partial charge >= 0.3 is 0 Å². The second-order valence-corrected chi connectivity index (χ2v) is 20.3. The standard InChI is InChI=1S/C47H52N8O8S/c1-29-5-2-3-6-38(29)40-7-4-14-54(40)34-22-47(23-34)11-15-52(16-12-47)32-8-9-39(42(19-32)63-35-17-30-10-13-48-45(30)49-24-35)46(56)51-64(59,60)37-20-41(55(57)58)44-43(21-37)62-27-31(50-44)25-53-26-36-18-33(53)28-61-36/h2-3,5-6,8-10,13,17,19-21,24,31,33-34,36,40,50H,4,7,11-12,14-16,18,22-23,25-28H2,1H3,(H,48,49)(H,51,56)/t31-,33+,36+,40+/m1/s1. The average Bonchev–Trinajstić information content (AvgIpc) is 4.12. The van der Waals surface area contributed by atoms with Gasteiger partial charge in [0.15, 0.2) is 11.4 Å². The van der Waals surface area contributed by atoms with Gasteiger partial charge in [0, 0.05) is 79.8 Å². The molecule has 17 heteroatoms. The van der Waals surface area contributed by atoms with Crippen LogP contribution < -0.4 is 24.4 Å². The molecule has 3 N–H and O–H groups in total. The summed E-state index contributed by atoms with van der Waals surface area (Å²) < 4.78 is 48.1. The second kappa shape index (κ2) is 16.0. The number of piperidine rings is 1. The fraction of sp³-hybridized carbons (Fsp3) is 0.447. The number of aromatic amines is 1. The molecule has 3 aromatic carbocycles. The number of aromatic nitrogens is 2. The van der Waals surface area contributed by atoms with E-state index in [1.807, 2.05) is 12.1 Å². The Morgan fingerprint density at radius 1 is 1.05 bits per heavy atom. The highest BCUT2D eigenvalue weighted by Crippen LogP contribution is 2.54. The van der Waals surface area contributed by atoms with Crippen LogP contribution in [0.2, 0.25) is 0 Å². The number of nitrogens with one attached hydrogen (secondary N) is 3. The molecule has 5 aliphatic heterocycles. The Balaban J connectivity index is 0.803. The van der Waals surface area contributed by atoms with Gasteiger partial charge in [-0.25, -0.2) is 18.1 Å². The van der Waals surface area contributed by atoms with Crippen LogP contribution in [0.15, 0.2) is 84.0 Å². The zero-order valence-electron chi connectivity index (χ0n) is 35.7. The number of anilines is 2. The smallest absolute Gasteiger partial charge is 0.297 e. The summed E-state index contributed by atoms with van der Waals surface area (Å²) in [5.74, 6) is -0.419. The first-order chi connectivity index (χ1) is 31.0. The van der Waals surface area contributed by atoms with Crippen LogP contribution in [0.25, 0.3) is 11.0 Å². The molecule has 16 nitrogen and oxygen atoms in total. The lowest BCUT2D eigenvalue weighted by molar-refractivity contribution is -0.384. The third-order valence-electron chi connectivity index (χ3n) is 14.7. The number of nitro benzene ring substituents is 1. The number of pyridine rings is 1. The first-order valence-electron chi connectivity index (χ1n) is 22.4. The number of rotatable bonds is 11. The molecule has 6 aliphatic rings. The molecule has 0 radical (unpaired) electrons.